The third-order valence-corrected chi connectivity index (χ3v) is 3.38. The first-order valence-corrected chi connectivity index (χ1v) is 6.75. The molecule has 0 saturated carbocycles. The molecule has 3 nitrogen and oxygen atoms in total. The van der Waals surface area contributed by atoms with Crippen molar-refractivity contribution in [3.05, 3.63) is 59.7 Å². The van der Waals surface area contributed by atoms with Gasteiger partial charge in [0.05, 0.1) is 7.11 Å². The second-order valence-corrected chi connectivity index (χ2v) is 4.81. The van der Waals surface area contributed by atoms with Crippen LogP contribution < -0.4 is 4.74 Å². The van der Waals surface area contributed by atoms with Crippen molar-refractivity contribution < 1.29 is 14.3 Å². The molecule has 2 aromatic rings. The molecule has 0 radical (unpaired) electrons. The van der Waals surface area contributed by atoms with E-state index in [0.29, 0.717) is 5.75 Å². The van der Waals surface area contributed by atoms with Crippen molar-refractivity contribution in [1.82, 2.24) is 0 Å². The van der Waals surface area contributed by atoms with Crippen LogP contribution in [0.1, 0.15) is 11.1 Å². The Kier molecular flexibility index (Phi) is 5.07. The zero-order valence-electron chi connectivity index (χ0n) is 11.2. The summed E-state index contributed by atoms with van der Waals surface area (Å²) in [6.07, 6.45) is 1.03. The van der Waals surface area contributed by atoms with Crippen LogP contribution in [0.5, 0.6) is 5.75 Å². The van der Waals surface area contributed by atoms with E-state index in [4.69, 9.17) is 4.74 Å². The zero-order chi connectivity index (χ0) is 14.4. The highest BCUT2D eigenvalue weighted by Crippen LogP contribution is 2.22. The van der Waals surface area contributed by atoms with E-state index in [-0.39, 0.29) is 0 Å². The SMILES string of the molecule is COC(=O)Oc1ccc(S)c(CCc2ccccc2)c1. The molecule has 2 aromatic carbocycles. The third kappa shape index (κ3) is 4.03. The highest BCUT2D eigenvalue weighted by molar-refractivity contribution is 7.80. The first-order chi connectivity index (χ1) is 9.69. The molecule has 0 atom stereocenters. The summed E-state index contributed by atoms with van der Waals surface area (Å²) in [5.41, 5.74) is 2.30. The smallest absolute Gasteiger partial charge is 0.437 e. The van der Waals surface area contributed by atoms with Crippen molar-refractivity contribution in [3.8, 4) is 5.75 Å². The van der Waals surface area contributed by atoms with Gasteiger partial charge in [0.1, 0.15) is 5.75 Å². The van der Waals surface area contributed by atoms with Crippen molar-refractivity contribution in [2.75, 3.05) is 7.11 Å². The average molecular weight is 288 g/mol. The van der Waals surface area contributed by atoms with Crippen LogP contribution in [0.25, 0.3) is 0 Å². The minimum atomic E-state index is -0.717. The number of ether oxygens (including phenoxy) is 2. The summed E-state index contributed by atoms with van der Waals surface area (Å²) in [6.45, 7) is 0. The molecule has 0 N–H and O–H groups in total. The fraction of sp³-hybridized carbons (Fsp3) is 0.188. The number of thiol groups is 1. The standard InChI is InChI=1S/C16H16O3S/c1-18-16(17)19-14-9-10-15(20)13(11-14)8-7-12-5-3-2-4-6-12/h2-6,9-11,20H,7-8H2,1H3. The summed E-state index contributed by atoms with van der Waals surface area (Å²) in [6, 6.07) is 15.6. The minimum Gasteiger partial charge on any atom is -0.437 e. The quantitative estimate of drug-likeness (QED) is 0.526. The van der Waals surface area contributed by atoms with Crippen LogP contribution in [0.4, 0.5) is 4.79 Å². The lowest BCUT2D eigenvalue weighted by atomic mass is 10.0. The van der Waals surface area contributed by atoms with Gasteiger partial charge >= 0.3 is 6.16 Å². The Morgan fingerprint density at radius 2 is 1.85 bits per heavy atom. The first-order valence-electron chi connectivity index (χ1n) is 6.30. The molecule has 0 aliphatic carbocycles. The second-order valence-electron chi connectivity index (χ2n) is 4.33. The number of hydrogen-bond donors (Lipinski definition) is 1. The number of aryl methyl sites for hydroxylation is 2. The molecule has 0 aliphatic heterocycles. The van der Waals surface area contributed by atoms with Crippen molar-refractivity contribution in [2.45, 2.75) is 17.7 Å². The van der Waals surface area contributed by atoms with Gasteiger partial charge in [-0.1, -0.05) is 30.3 Å². The van der Waals surface area contributed by atoms with Crippen LogP contribution in [0.15, 0.2) is 53.4 Å². The van der Waals surface area contributed by atoms with Gasteiger partial charge in [-0.25, -0.2) is 4.79 Å². The van der Waals surface area contributed by atoms with Gasteiger partial charge in [0.15, 0.2) is 0 Å². The maximum atomic E-state index is 11.1. The maximum absolute atomic E-state index is 11.1. The molecule has 0 fully saturated rings. The van der Waals surface area contributed by atoms with E-state index < -0.39 is 6.16 Å². The Bertz CT molecular complexity index is 582. The van der Waals surface area contributed by atoms with Gasteiger partial charge in [-0.05, 0) is 42.2 Å². The molecule has 4 heteroatoms. The molecule has 2 rings (SSSR count). The number of rotatable bonds is 4. The highest BCUT2D eigenvalue weighted by atomic mass is 32.1. The summed E-state index contributed by atoms with van der Waals surface area (Å²) in [7, 11) is 1.28. The fourth-order valence-electron chi connectivity index (χ4n) is 1.89. The Morgan fingerprint density at radius 3 is 2.55 bits per heavy atom. The van der Waals surface area contributed by atoms with Gasteiger partial charge in [0, 0.05) is 4.90 Å². The van der Waals surface area contributed by atoms with Gasteiger partial charge in [-0.3, -0.25) is 0 Å². The monoisotopic (exact) mass is 288 g/mol. The average Bonchev–Trinajstić information content (AvgIpc) is 2.48. The number of carbonyl (C=O) groups excluding carboxylic acids is 1. The largest absolute Gasteiger partial charge is 0.513 e. The molecule has 0 heterocycles. The number of methoxy groups -OCH3 is 1. The van der Waals surface area contributed by atoms with Crippen LogP contribution in [0.2, 0.25) is 0 Å². The van der Waals surface area contributed by atoms with Crippen LogP contribution in [-0.4, -0.2) is 13.3 Å². The van der Waals surface area contributed by atoms with E-state index in [0.717, 1.165) is 23.3 Å². The predicted octanol–water partition coefficient (Wildman–Crippen LogP) is 3.91. The molecule has 0 amide bonds. The summed E-state index contributed by atoms with van der Waals surface area (Å²) in [5.74, 6) is 0.470. The lowest BCUT2D eigenvalue weighted by Gasteiger charge is -2.08. The van der Waals surface area contributed by atoms with Crippen LogP contribution in [0.3, 0.4) is 0 Å². The molecular weight excluding hydrogens is 272 g/mol. The summed E-state index contributed by atoms with van der Waals surface area (Å²) in [5, 5.41) is 0. The van der Waals surface area contributed by atoms with Crippen molar-refractivity contribution >= 4 is 18.8 Å². The number of hydrogen-bond acceptors (Lipinski definition) is 4. The molecule has 0 aliphatic rings. The Labute approximate surface area is 123 Å². The molecule has 104 valence electrons. The van der Waals surface area contributed by atoms with E-state index in [2.05, 4.69) is 29.5 Å². The molecular formula is C16H16O3S. The lowest BCUT2D eigenvalue weighted by molar-refractivity contribution is 0.121. The van der Waals surface area contributed by atoms with Gasteiger partial charge in [-0.15, -0.1) is 12.6 Å². The van der Waals surface area contributed by atoms with Gasteiger partial charge in [-0.2, -0.15) is 0 Å². The van der Waals surface area contributed by atoms with E-state index >= 15 is 0 Å². The van der Waals surface area contributed by atoms with E-state index in [1.165, 1.54) is 12.7 Å². The topological polar surface area (TPSA) is 35.5 Å². The lowest BCUT2D eigenvalue weighted by Crippen LogP contribution is -2.07. The van der Waals surface area contributed by atoms with Gasteiger partial charge in [0.25, 0.3) is 0 Å². The summed E-state index contributed by atoms with van der Waals surface area (Å²) in [4.78, 5) is 12.0. The van der Waals surface area contributed by atoms with Crippen molar-refractivity contribution in [3.63, 3.8) is 0 Å². The van der Waals surface area contributed by atoms with Gasteiger partial charge in [0.2, 0.25) is 0 Å². The maximum Gasteiger partial charge on any atom is 0.513 e. The molecule has 0 unspecified atom stereocenters. The minimum absolute atomic E-state index is 0.470. The van der Waals surface area contributed by atoms with E-state index in [9.17, 15) is 4.79 Å². The van der Waals surface area contributed by atoms with E-state index in [1.807, 2.05) is 30.3 Å². The predicted molar refractivity (Wildman–Crippen MR) is 80.6 cm³/mol. The zero-order valence-corrected chi connectivity index (χ0v) is 12.1. The Balaban J connectivity index is 2.06. The van der Waals surface area contributed by atoms with Crippen LogP contribution in [0, 0.1) is 0 Å². The third-order valence-electron chi connectivity index (χ3n) is 2.94. The normalized spacial score (nSPS) is 10.1. The van der Waals surface area contributed by atoms with Crippen LogP contribution in [-0.2, 0) is 17.6 Å². The molecule has 0 spiro atoms. The second kappa shape index (κ2) is 7.01. The summed E-state index contributed by atoms with van der Waals surface area (Å²) < 4.78 is 9.49. The molecule has 0 bridgehead atoms. The van der Waals surface area contributed by atoms with Crippen molar-refractivity contribution in [1.29, 1.82) is 0 Å². The molecule has 20 heavy (non-hydrogen) atoms. The number of carbonyl (C=O) groups is 1. The Hall–Kier alpha value is -1.94. The van der Waals surface area contributed by atoms with Crippen LogP contribution >= 0.6 is 12.6 Å². The molecule has 0 saturated heterocycles. The Morgan fingerprint density at radius 1 is 1.10 bits per heavy atom. The first kappa shape index (κ1) is 14.5. The van der Waals surface area contributed by atoms with Gasteiger partial charge < -0.3 is 9.47 Å². The highest BCUT2D eigenvalue weighted by Gasteiger charge is 2.07. The number of benzene rings is 2. The summed E-state index contributed by atoms with van der Waals surface area (Å²) >= 11 is 4.43. The van der Waals surface area contributed by atoms with Crippen molar-refractivity contribution in [2.24, 2.45) is 0 Å². The molecule has 0 aromatic heterocycles. The van der Waals surface area contributed by atoms with E-state index in [1.54, 1.807) is 6.07 Å². The fourth-order valence-corrected chi connectivity index (χ4v) is 2.14.